The summed E-state index contributed by atoms with van der Waals surface area (Å²) >= 11 is 11.7. The number of urea groups is 1. The van der Waals surface area contributed by atoms with Gasteiger partial charge in [-0.2, -0.15) is 0 Å². The number of hydrogen-bond acceptors (Lipinski definition) is 9. The Bertz CT molecular complexity index is 1620. The van der Waals surface area contributed by atoms with Crippen LogP contribution in [0.1, 0.15) is 27.1 Å². The van der Waals surface area contributed by atoms with Gasteiger partial charge in [0.15, 0.2) is 0 Å². The molecule has 3 aromatic rings. The molecule has 0 radical (unpaired) electrons. The van der Waals surface area contributed by atoms with Gasteiger partial charge in [-0.25, -0.2) is 4.79 Å². The zero-order valence-corrected chi connectivity index (χ0v) is 29.6. The van der Waals surface area contributed by atoms with Crippen molar-refractivity contribution >= 4 is 100.0 Å². The van der Waals surface area contributed by atoms with E-state index in [1.807, 2.05) is 19.0 Å². The van der Waals surface area contributed by atoms with E-state index in [1.165, 1.54) is 29.2 Å². The first kappa shape index (κ1) is 42.6. The van der Waals surface area contributed by atoms with Crippen LogP contribution in [0.15, 0.2) is 60.7 Å². The zero-order valence-electron chi connectivity index (χ0n) is 26.4. The highest BCUT2D eigenvalue weighted by Crippen LogP contribution is 2.36. The van der Waals surface area contributed by atoms with Crippen molar-refractivity contribution < 1.29 is 24.2 Å². The summed E-state index contributed by atoms with van der Waals surface area (Å²) in [6, 6.07) is 13.8. The molecule has 3 aromatic carbocycles. The molecule has 15 nitrogen and oxygen atoms in total. The van der Waals surface area contributed by atoms with Crippen molar-refractivity contribution in [3.63, 3.8) is 0 Å². The van der Waals surface area contributed by atoms with Gasteiger partial charge < -0.3 is 31.1 Å². The van der Waals surface area contributed by atoms with Crippen LogP contribution < -0.4 is 26.2 Å². The second kappa shape index (κ2) is 20.8. The quantitative estimate of drug-likeness (QED) is 0.0569. The fraction of sp³-hybridized carbons (Fsp3) is 0.300. The van der Waals surface area contributed by atoms with Crippen LogP contribution in [-0.4, -0.2) is 84.6 Å². The molecule has 0 saturated carbocycles. The summed E-state index contributed by atoms with van der Waals surface area (Å²) in [5.74, 6) is -1.31. The van der Waals surface area contributed by atoms with Crippen LogP contribution in [0.5, 0.6) is 0 Å². The van der Waals surface area contributed by atoms with Gasteiger partial charge in [-0.1, -0.05) is 12.1 Å². The highest BCUT2D eigenvalue weighted by Gasteiger charge is 2.30. The standard InChI is InChI=1S/C30H34Cl2N8O7.2ClH/c1-37(2)13-5-12-33-30(43)36-23-9-4-8-22(17-23)34-28(41)20-6-3-7-21(16-20)35-29(42)24-18-26(38(14-10-31)15-11-32)27(40(46)47)19-25(24)39(44)45;;/h3-4,6-9,16-19H,5,10-15H2,1-2H3,(H,34,41)(H,35,42)(H2,33,36,43);2*1H. The van der Waals surface area contributed by atoms with Crippen LogP contribution >= 0.6 is 48.0 Å². The molecule has 0 heterocycles. The number of rotatable bonds is 16. The minimum Gasteiger partial charge on any atom is -0.364 e. The van der Waals surface area contributed by atoms with Crippen molar-refractivity contribution in [2.24, 2.45) is 0 Å². The van der Waals surface area contributed by atoms with Crippen molar-refractivity contribution in [3.8, 4) is 0 Å². The normalized spacial score (nSPS) is 10.2. The second-order valence-electron chi connectivity index (χ2n) is 10.3. The number of amides is 4. The fourth-order valence-electron chi connectivity index (χ4n) is 4.44. The van der Waals surface area contributed by atoms with Crippen molar-refractivity contribution in [2.45, 2.75) is 6.42 Å². The Balaban J connectivity index is 0.00000600. The summed E-state index contributed by atoms with van der Waals surface area (Å²) in [5, 5.41) is 34.3. The van der Waals surface area contributed by atoms with Gasteiger partial charge in [0.1, 0.15) is 11.3 Å². The van der Waals surface area contributed by atoms with Gasteiger partial charge >= 0.3 is 6.03 Å². The molecule has 0 unspecified atom stereocenters. The van der Waals surface area contributed by atoms with Crippen molar-refractivity contribution in [2.75, 3.05) is 72.9 Å². The van der Waals surface area contributed by atoms with E-state index >= 15 is 0 Å². The molecular weight excluding hydrogens is 726 g/mol. The molecule has 0 atom stereocenters. The maximum atomic E-state index is 13.3. The van der Waals surface area contributed by atoms with E-state index < -0.39 is 38.6 Å². The number of nitro groups is 2. The van der Waals surface area contributed by atoms with Crippen molar-refractivity contribution in [1.29, 1.82) is 0 Å². The Morgan fingerprint density at radius 3 is 1.86 bits per heavy atom. The first-order valence-corrected chi connectivity index (χ1v) is 15.4. The molecule has 49 heavy (non-hydrogen) atoms. The third kappa shape index (κ3) is 12.9. The second-order valence-corrected chi connectivity index (χ2v) is 11.1. The van der Waals surface area contributed by atoms with Gasteiger partial charge in [-0.3, -0.25) is 29.8 Å². The lowest BCUT2D eigenvalue weighted by Gasteiger charge is -2.23. The summed E-state index contributed by atoms with van der Waals surface area (Å²) < 4.78 is 0. The molecule has 0 aliphatic carbocycles. The van der Waals surface area contributed by atoms with Crippen molar-refractivity contribution in [3.05, 3.63) is 92.0 Å². The number of anilines is 4. The molecule has 0 bridgehead atoms. The highest BCUT2D eigenvalue weighted by atomic mass is 35.5. The molecule has 266 valence electrons. The third-order valence-electron chi connectivity index (χ3n) is 6.61. The molecule has 0 spiro atoms. The van der Waals surface area contributed by atoms with Gasteiger partial charge in [0, 0.05) is 54.0 Å². The number of hydrogen-bond donors (Lipinski definition) is 4. The molecular formula is C30H36Cl4N8O7. The van der Waals surface area contributed by atoms with E-state index in [0.717, 1.165) is 25.1 Å². The van der Waals surface area contributed by atoms with E-state index in [4.69, 9.17) is 23.2 Å². The number of alkyl halides is 2. The minimum absolute atomic E-state index is 0. The van der Waals surface area contributed by atoms with Crippen LogP contribution in [0.3, 0.4) is 0 Å². The number of halogens is 4. The number of nitro benzene ring substituents is 2. The fourth-order valence-corrected chi connectivity index (χ4v) is 4.85. The molecule has 4 amide bonds. The van der Waals surface area contributed by atoms with Crippen molar-refractivity contribution in [1.82, 2.24) is 10.2 Å². The molecule has 3 rings (SSSR count). The Kier molecular flexibility index (Phi) is 18.1. The van der Waals surface area contributed by atoms with Gasteiger partial charge in [0.05, 0.1) is 15.9 Å². The van der Waals surface area contributed by atoms with Gasteiger partial charge in [0.2, 0.25) is 0 Å². The van der Waals surface area contributed by atoms with Crippen LogP contribution in [0, 0.1) is 20.2 Å². The van der Waals surface area contributed by atoms with E-state index in [1.54, 1.807) is 24.3 Å². The van der Waals surface area contributed by atoms with Gasteiger partial charge in [-0.05, 0) is 69.5 Å². The Hall–Kier alpha value is -4.41. The Morgan fingerprint density at radius 2 is 1.29 bits per heavy atom. The Morgan fingerprint density at radius 1 is 0.735 bits per heavy atom. The molecule has 0 fully saturated rings. The summed E-state index contributed by atoms with van der Waals surface area (Å²) in [7, 11) is 3.89. The molecule has 19 heteroatoms. The highest BCUT2D eigenvalue weighted by molar-refractivity contribution is 6.18. The summed E-state index contributed by atoms with van der Waals surface area (Å²) in [4.78, 5) is 64.0. The summed E-state index contributed by atoms with van der Waals surface area (Å²) in [6.07, 6.45) is 0.781. The van der Waals surface area contributed by atoms with Crippen LogP contribution in [0.25, 0.3) is 0 Å². The lowest BCUT2D eigenvalue weighted by Crippen LogP contribution is -2.31. The first-order valence-electron chi connectivity index (χ1n) is 14.3. The maximum Gasteiger partial charge on any atom is 0.319 e. The average Bonchev–Trinajstić information content (AvgIpc) is 3.02. The first-order chi connectivity index (χ1) is 22.4. The van der Waals surface area contributed by atoms with Crippen LogP contribution in [-0.2, 0) is 0 Å². The maximum absolute atomic E-state index is 13.3. The average molecular weight is 762 g/mol. The topological polar surface area (TPSA) is 192 Å². The lowest BCUT2D eigenvalue weighted by molar-refractivity contribution is -0.393. The van der Waals surface area contributed by atoms with Gasteiger partial charge in [-0.15, -0.1) is 48.0 Å². The van der Waals surface area contributed by atoms with E-state index in [9.17, 15) is 34.6 Å². The van der Waals surface area contributed by atoms with E-state index in [0.29, 0.717) is 17.9 Å². The molecule has 0 saturated heterocycles. The van der Waals surface area contributed by atoms with Gasteiger partial charge in [0.25, 0.3) is 23.2 Å². The number of carbonyl (C=O) groups excluding carboxylic acids is 3. The minimum atomic E-state index is -0.930. The SMILES string of the molecule is CN(C)CCCNC(=O)Nc1cccc(NC(=O)c2cccc(NC(=O)c3cc(N(CCCl)CCCl)c([N+](=O)[O-])cc3[N+](=O)[O-])c2)c1.Cl.Cl. The smallest absolute Gasteiger partial charge is 0.319 e. The number of nitrogens with one attached hydrogen (secondary N) is 4. The molecule has 0 aromatic heterocycles. The predicted molar refractivity (Wildman–Crippen MR) is 197 cm³/mol. The van der Waals surface area contributed by atoms with E-state index in [-0.39, 0.29) is 72.6 Å². The van der Waals surface area contributed by atoms with Crippen LogP contribution in [0.4, 0.5) is 38.9 Å². The van der Waals surface area contributed by atoms with E-state index in [2.05, 4.69) is 21.3 Å². The number of carbonyl (C=O) groups is 3. The third-order valence-corrected chi connectivity index (χ3v) is 6.95. The molecule has 0 aliphatic heterocycles. The zero-order chi connectivity index (χ0) is 34.5. The largest absolute Gasteiger partial charge is 0.364 e. The Labute approximate surface area is 304 Å². The summed E-state index contributed by atoms with van der Waals surface area (Å²) in [6.45, 7) is 1.59. The summed E-state index contributed by atoms with van der Waals surface area (Å²) in [5.41, 5.74) is -0.729. The molecule has 0 aliphatic rings. The predicted octanol–water partition coefficient (Wildman–Crippen LogP) is 6.21. The number of benzene rings is 3. The number of nitrogens with zero attached hydrogens (tertiary/aromatic N) is 4. The monoisotopic (exact) mass is 760 g/mol. The molecule has 4 N–H and O–H groups in total. The lowest BCUT2D eigenvalue weighted by atomic mass is 10.1. The van der Waals surface area contributed by atoms with Crippen LogP contribution in [0.2, 0.25) is 0 Å².